The number of fused-ring (bicyclic) bond motifs is 1. The highest BCUT2D eigenvalue weighted by atomic mass is 16.5. The number of phenolic OH excluding ortho intramolecular Hbond substituents is 1. The van der Waals surface area contributed by atoms with Crippen LogP contribution in [-0.2, 0) is 11.2 Å². The molecule has 92 valence electrons. The molecular weight excluding hydrogens is 222 g/mol. The summed E-state index contributed by atoms with van der Waals surface area (Å²) in [4.78, 5) is 10.7. The highest BCUT2D eigenvalue weighted by Crippen LogP contribution is 2.40. The van der Waals surface area contributed by atoms with Gasteiger partial charge in [0.2, 0.25) is 0 Å². The summed E-state index contributed by atoms with van der Waals surface area (Å²) in [7, 11) is 0. The normalized spacial score (nSPS) is 15.2. The number of aromatic hydroxyl groups is 1. The van der Waals surface area contributed by atoms with Crippen LogP contribution in [-0.4, -0.2) is 22.8 Å². The minimum Gasteiger partial charge on any atom is -0.507 e. The van der Waals surface area contributed by atoms with Gasteiger partial charge in [-0.05, 0) is 18.6 Å². The van der Waals surface area contributed by atoms with Gasteiger partial charge in [-0.2, -0.15) is 0 Å². The first-order chi connectivity index (χ1) is 8.00. The number of carboxylic acid groups (broad SMARTS) is 1. The number of benzene rings is 1. The molecule has 1 atom stereocenters. The van der Waals surface area contributed by atoms with Crippen LogP contribution < -0.4 is 10.5 Å². The average molecular weight is 237 g/mol. The number of phenols is 1. The maximum Gasteiger partial charge on any atom is 0.305 e. The number of aryl methyl sites for hydroxylation is 1. The number of carboxylic acids is 1. The van der Waals surface area contributed by atoms with Crippen molar-refractivity contribution in [2.24, 2.45) is 5.73 Å². The van der Waals surface area contributed by atoms with Gasteiger partial charge in [-0.1, -0.05) is 0 Å². The quantitative estimate of drug-likeness (QED) is 0.732. The fourth-order valence-corrected chi connectivity index (χ4v) is 2.18. The van der Waals surface area contributed by atoms with Crippen LogP contribution >= 0.6 is 0 Å². The molecule has 1 aliphatic heterocycles. The Morgan fingerprint density at radius 1 is 1.65 bits per heavy atom. The zero-order valence-corrected chi connectivity index (χ0v) is 9.56. The predicted molar refractivity (Wildman–Crippen MR) is 61.2 cm³/mol. The monoisotopic (exact) mass is 237 g/mol. The van der Waals surface area contributed by atoms with E-state index < -0.39 is 12.0 Å². The third kappa shape index (κ3) is 2.06. The van der Waals surface area contributed by atoms with Crippen molar-refractivity contribution in [2.45, 2.75) is 25.8 Å². The molecule has 2 rings (SSSR count). The van der Waals surface area contributed by atoms with E-state index in [-0.39, 0.29) is 12.2 Å². The van der Waals surface area contributed by atoms with E-state index in [1.807, 2.05) is 0 Å². The van der Waals surface area contributed by atoms with Gasteiger partial charge in [-0.15, -0.1) is 0 Å². The van der Waals surface area contributed by atoms with Gasteiger partial charge in [0.1, 0.15) is 11.5 Å². The Balaban J connectivity index is 2.48. The summed E-state index contributed by atoms with van der Waals surface area (Å²) < 4.78 is 5.42. The zero-order chi connectivity index (χ0) is 12.6. The number of nitrogens with two attached hydrogens (primary N) is 1. The van der Waals surface area contributed by atoms with Crippen LogP contribution in [0.3, 0.4) is 0 Å². The standard InChI is InChI=1S/C12H15NO4/c1-6-4-9-7(2-3-17-9)11(12(6)16)8(13)5-10(14)15/h4,8,16H,2-3,5,13H2,1H3,(H,14,15). The Kier molecular flexibility index (Phi) is 2.93. The summed E-state index contributed by atoms with van der Waals surface area (Å²) in [5.41, 5.74) is 7.85. The number of hydrogen-bond donors (Lipinski definition) is 3. The molecule has 5 heteroatoms. The minimum absolute atomic E-state index is 0.0861. The summed E-state index contributed by atoms with van der Waals surface area (Å²) in [5, 5.41) is 18.8. The molecule has 0 fully saturated rings. The lowest BCUT2D eigenvalue weighted by molar-refractivity contribution is -0.137. The van der Waals surface area contributed by atoms with Gasteiger partial charge in [-0.25, -0.2) is 0 Å². The Morgan fingerprint density at radius 3 is 3.00 bits per heavy atom. The number of carbonyl (C=O) groups is 1. The van der Waals surface area contributed by atoms with Gasteiger partial charge in [0.15, 0.2) is 0 Å². The van der Waals surface area contributed by atoms with Gasteiger partial charge in [0, 0.05) is 23.6 Å². The first-order valence-electron chi connectivity index (χ1n) is 5.46. The predicted octanol–water partition coefficient (Wildman–Crippen LogP) is 1.11. The van der Waals surface area contributed by atoms with Crippen molar-refractivity contribution in [1.29, 1.82) is 0 Å². The summed E-state index contributed by atoms with van der Waals surface area (Å²) in [5.74, 6) is -0.190. The third-order valence-electron chi connectivity index (χ3n) is 2.97. The fourth-order valence-electron chi connectivity index (χ4n) is 2.18. The third-order valence-corrected chi connectivity index (χ3v) is 2.97. The van der Waals surface area contributed by atoms with Crippen molar-refractivity contribution in [3.63, 3.8) is 0 Å². The maximum atomic E-state index is 10.7. The summed E-state index contributed by atoms with van der Waals surface area (Å²) in [6.45, 7) is 2.29. The van der Waals surface area contributed by atoms with Gasteiger partial charge < -0.3 is 20.7 Å². The van der Waals surface area contributed by atoms with Crippen molar-refractivity contribution in [3.05, 3.63) is 22.8 Å². The van der Waals surface area contributed by atoms with Crippen molar-refractivity contribution < 1.29 is 19.7 Å². The molecule has 0 bridgehead atoms. The number of hydrogen-bond acceptors (Lipinski definition) is 4. The first kappa shape index (κ1) is 11.7. The lowest BCUT2D eigenvalue weighted by atomic mass is 9.93. The van der Waals surface area contributed by atoms with Crippen LogP contribution in [0.5, 0.6) is 11.5 Å². The SMILES string of the molecule is Cc1cc2c(c(C(N)CC(=O)O)c1O)CCO2. The van der Waals surface area contributed by atoms with Crippen molar-refractivity contribution >= 4 is 5.97 Å². The van der Waals surface area contributed by atoms with Crippen molar-refractivity contribution in [2.75, 3.05) is 6.61 Å². The molecule has 1 aromatic rings. The van der Waals surface area contributed by atoms with E-state index in [1.54, 1.807) is 13.0 Å². The number of aliphatic carboxylic acids is 1. The van der Waals surface area contributed by atoms with Crippen LogP contribution in [0.25, 0.3) is 0 Å². The second kappa shape index (κ2) is 4.25. The van der Waals surface area contributed by atoms with Crippen LogP contribution in [0.15, 0.2) is 6.07 Å². The van der Waals surface area contributed by atoms with E-state index >= 15 is 0 Å². The Bertz CT molecular complexity index is 470. The number of rotatable bonds is 3. The Hall–Kier alpha value is -1.75. The highest BCUT2D eigenvalue weighted by molar-refractivity contribution is 5.69. The van der Waals surface area contributed by atoms with E-state index in [9.17, 15) is 9.90 Å². The van der Waals surface area contributed by atoms with Crippen LogP contribution in [0, 0.1) is 6.92 Å². The molecule has 1 heterocycles. The minimum atomic E-state index is -0.980. The van der Waals surface area contributed by atoms with Gasteiger partial charge in [-0.3, -0.25) is 4.79 Å². The molecule has 0 saturated carbocycles. The lowest BCUT2D eigenvalue weighted by Gasteiger charge is -2.17. The van der Waals surface area contributed by atoms with Gasteiger partial charge >= 0.3 is 5.97 Å². The van der Waals surface area contributed by atoms with Crippen LogP contribution in [0.1, 0.15) is 29.2 Å². The van der Waals surface area contributed by atoms with Crippen LogP contribution in [0.4, 0.5) is 0 Å². The lowest BCUT2D eigenvalue weighted by Crippen LogP contribution is -2.17. The maximum absolute atomic E-state index is 10.7. The van der Waals surface area contributed by atoms with Gasteiger partial charge in [0.05, 0.1) is 13.0 Å². The molecule has 1 unspecified atom stereocenters. The molecule has 0 amide bonds. The van der Waals surface area contributed by atoms with Gasteiger partial charge in [0.25, 0.3) is 0 Å². The molecular formula is C12H15NO4. The van der Waals surface area contributed by atoms with E-state index in [1.165, 1.54) is 0 Å². The van der Waals surface area contributed by atoms with Crippen molar-refractivity contribution in [1.82, 2.24) is 0 Å². The molecule has 0 saturated heterocycles. The zero-order valence-electron chi connectivity index (χ0n) is 9.56. The Labute approximate surface area is 98.8 Å². The molecule has 0 radical (unpaired) electrons. The van der Waals surface area contributed by atoms with E-state index in [0.717, 1.165) is 5.56 Å². The average Bonchev–Trinajstić information content (AvgIpc) is 2.65. The van der Waals surface area contributed by atoms with E-state index in [4.69, 9.17) is 15.6 Å². The number of ether oxygens (including phenoxy) is 1. The fraction of sp³-hybridized carbons (Fsp3) is 0.417. The summed E-state index contributed by atoms with van der Waals surface area (Å²) in [6, 6.07) is 1.05. The highest BCUT2D eigenvalue weighted by Gasteiger charge is 2.26. The topological polar surface area (TPSA) is 92.8 Å². The molecule has 1 aliphatic rings. The first-order valence-corrected chi connectivity index (χ1v) is 5.46. The smallest absolute Gasteiger partial charge is 0.305 e. The largest absolute Gasteiger partial charge is 0.507 e. The molecule has 0 aromatic heterocycles. The molecule has 0 aliphatic carbocycles. The summed E-state index contributed by atoms with van der Waals surface area (Å²) >= 11 is 0. The second-order valence-corrected chi connectivity index (χ2v) is 4.24. The van der Waals surface area contributed by atoms with E-state index in [0.29, 0.717) is 29.9 Å². The van der Waals surface area contributed by atoms with Crippen LogP contribution in [0.2, 0.25) is 0 Å². The molecule has 17 heavy (non-hydrogen) atoms. The molecule has 1 aromatic carbocycles. The molecule has 4 N–H and O–H groups in total. The summed E-state index contributed by atoms with van der Waals surface area (Å²) in [6.07, 6.45) is 0.454. The van der Waals surface area contributed by atoms with E-state index in [2.05, 4.69) is 0 Å². The molecule has 0 spiro atoms. The molecule has 5 nitrogen and oxygen atoms in total. The Morgan fingerprint density at radius 2 is 2.35 bits per heavy atom. The second-order valence-electron chi connectivity index (χ2n) is 4.24. The van der Waals surface area contributed by atoms with Crippen molar-refractivity contribution in [3.8, 4) is 11.5 Å².